The van der Waals surface area contributed by atoms with E-state index in [2.05, 4.69) is 0 Å². The Balaban J connectivity index is 2.49. The summed E-state index contributed by atoms with van der Waals surface area (Å²) >= 11 is 5.90. The zero-order chi connectivity index (χ0) is 15.6. The van der Waals surface area contributed by atoms with E-state index < -0.39 is 11.7 Å². The van der Waals surface area contributed by atoms with Crippen LogP contribution in [0.5, 0.6) is 5.75 Å². The summed E-state index contributed by atoms with van der Waals surface area (Å²) in [5.41, 5.74) is 5.35. The highest BCUT2D eigenvalue weighted by Gasteiger charge is 2.11. The van der Waals surface area contributed by atoms with Gasteiger partial charge in [0.25, 0.3) is 5.91 Å². The van der Waals surface area contributed by atoms with Crippen LogP contribution in [0.2, 0.25) is 5.02 Å². The largest absolute Gasteiger partial charge is 0.497 e. The van der Waals surface area contributed by atoms with E-state index in [1.807, 2.05) is 0 Å². The maximum atomic E-state index is 13.8. The lowest BCUT2D eigenvalue weighted by atomic mass is 10.2. The molecular formula is C14H13ClFN3O2. The second-order valence-electron chi connectivity index (χ2n) is 4.37. The number of nitrogens with one attached hydrogen (secondary N) is 1. The normalized spacial score (nSPS) is 10.4. The lowest BCUT2D eigenvalue weighted by molar-refractivity contribution is 0.0998. The third kappa shape index (κ3) is 3.22. The molecule has 0 unspecified atom stereocenters. The SMILES string of the molecule is COc1ccc(F)c(Cn2cc(Cl)cc(C(N)=O)c2=N)c1. The standard InChI is InChI=1S/C14H13ClFN3O2/c1-21-10-2-3-12(16)8(4-10)6-19-7-9(15)5-11(13(19)17)14(18)20/h2-5,7,17H,6H2,1H3,(H2,18,20). The molecule has 0 bridgehead atoms. The Morgan fingerprint density at radius 3 is 2.81 bits per heavy atom. The number of ether oxygens (including phenoxy) is 1. The number of primary amides is 1. The van der Waals surface area contributed by atoms with Crippen LogP contribution in [0.3, 0.4) is 0 Å². The van der Waals surface area contributed by atoms with Crippen molar-refractivity contribution in [2.75, 3.05) is 7.11 Å². The molecule has 0 radical (unpaired) electrons. The first-order chi connectivity index (χ1) is 9.92. The van der Waals surface area contributed by atoms with Gasteiger partial charge in [-0.2, -0.15) is 0 Å². The van der Waals surface area contributed by atoms with E-state index in [0.717, 1.165) is 0 Å². The highest BCUT2D eigenvalue weighted by atomic mass is 35.5. The van der Waals surface area contributed by atoms with Gasteiger partial charge in [-0.05, 0) is 24.3 Å². The molecule has 1 aromatic carbocycles. The van der Waals surface area contributed by atoms with E-state index in [-0.39, 0.29) is 22.6 Å². The molecule has 0 saturated heterocycles. The molecule has 2 aromatic rings. The van der Waals surface area contributed by atoms with Gasteiger partial charge in [-0.15, -0.1) is 0 Å². The zero-order valence-electron chi connectivity index (χ0n) is 11.2. The third-order valence-corrected chi connectivity index (χ3v) is 3.17. The number of carbonyl (C=O) groups excluding carboxylic acids is 1. The van der Waals surface area contributed by atoms with Crippen LogP contribution in [0.15, 0.2) is 30.5 Å². The number of nitrogens with zero attached hydrogens (tertiary/aromatic N) is 1. The molecule has 110 valence electrons. The molecule has 5 nitrogen and oxygen atoms in total. The van der Waals surface area contributed by atoms with Gasteiger partial charge in [0, 0.05) is 11.8 Å². The Morgan fingerprint density at radius 2 is 2.19 bits per heavy atom. The van der Waals surface area contributed by atoms with Crippen molar-refractivity contribution < 1.29 is 13.9 Å². The summed E-state index contributed by atoms with van der Waals surface area (Å²) in [5, 5.41) is 8.18. The van der Waals surface area contributed by atoms with Crippen LogP contribution in [0.4, 0.5) is 4.39 Å². The monoisotopic (exact) mass is 309 g/mol. The summed E-state index contributed by atoms with van der Waals surface area (Å²) < 4.78 is 20.2. The van der Waals surface area contributed by atoms with E-state index in [4.69, 9.17) is 27.5 Å². The molecule has 7 heteroatoms. The highest BCUT2D eigenvalue weighted by Crippen LogP contribution is 2.18. The summed E-state index contributed by atoms with van der Waals surface area (Å²) in [6, 6.07) is 5.60. The van der Waals surface area contributed by atoms with Gasteiger partial charge in [0.1, 0.15) is 17.1 Å². The lowest BCUT2D eigenvalue weighted by Crippen LogP contribution is -2.30. The van der Waals surface area contributed by atoms with Crippen LogP contribution in [0.25, 0.3) is 0 Å². The molecule has 0 aliphatic heterocycles. The van der Waals surface area contributed by atoms with Gasteiger partial charge in [0.2, 0.25) is 0 Å². The van der Waals surface area contributed by atoms with Crippen molar-refractivity contribution >= 4 is 17.5 Å². The topological polar surface area (TPSA) is 81.1 Å². The second kappa shape index (κ2) is 5.97. The lowest BCUT2D eigenvalue weighted by Gasteiger charge is -2.11. The minimum absolute atomic E-state index is 0.0224. The number of amides is 1. The van der Waals surface area contributed by atoms with Crippen LogP contribution in [-0.2, 0) is 6.54 Å². The fourth-order valence-electron chi connectivity index (χ4n) is 1.91. The third-order valence-electron chi connectivity index (χ3n) is 2.96. The van der Waals surface area contributed by atoms with E-state index >= 15 is 0 Å². The minimum atomic E-state index is -0.762. The molecule has 1 heterocycles. The molecule has 0 atom stereocenters. The van der Waals surface area contributed by atoms with Crippen molar-refractivity contribution in [3.8, 4) is 5.75 Å². The van der Waals surface area contributed by atoms with Crippen LogP contribution < -0.4 is 16.0 Å². The average molecular weight is 310 g/mol. The van der Waals surface area contributed by atoms with E-state index in [1.54, 1.807) is 0 Å². The highest BCUT2D eigenvalue weighted by molar-refractivity contribution is 6.30. The smallest absolute Gasteiger partial charge is 0.252 e. The number of rotatable bonds is 4. The first-order valence-corrected chi connectivity index (χ1v) is 6.37. The number of benzene rings is 1. The van der Waals surface area contributed by atoms with Gasteiger partial charge in [-0.25, -0.2) is 4.39 Å². The van der Waals surface area contributed by atoms with Crippen LogP contribution >= 0.6 is 11.6 Å². The van der Waals surface area contributed by atoms with Crippen LogP contribution in [-0.4, -0.2) is 17.6 Å². The maximum Gasteiger partial charge on any atom is 0.252 e. The van der Waals surface area contributed by atoms with Gasteiger partial charge in [-0.3, -0.25) is 10.2 Å². The van der Waals surface area contributed by atoms with Crippen molar-refractivity contribution in [2.24, 2.45) is 5.73 Å². The van der Waals surface area contributed by atoms with Gasteiger partial charge in [0.05, 0.1) is 24.2 Å². The molecule has 0 fully saturated rings. The molecule has 2 rings (SSSR count). The van der Waals surface area contributed by atoms with Crippen molar-refractivity contribution in [3.05, 3.63) is 57.9 Å². The summed E-state index contributed by atoms with van der Waals surface area (Å²) in [5.74, 6) is -0.707. The molecule has 0 aliphatic carbocycles. The van der Waals surface area contributed by atoms with Crippen molar-refractivity contribution in [3.63, 3.8) is 0 Å². The fourth-order valence-corrected chi connectivity index (χ4v) is 2.13. The van der Waals surface area contributed by atoms with E-state index in [1.165, 1.54) is 42.1 Å². The van der Waals surface area contributed by atoms with Gasteiger partial charge in [-0.1, -0.05) is 11.6 Å². The first kappa shape index (κ1) is 15.1. The quantitative estimate of drug-likeness (QED) is 0.904. The van der Waals surface area contributed by atoms with Gasteiger partial charge < -0.3 is 15.0 Å². The first-order valence-electron chi connectivity index (χ1n) is 5.99. The number of hydrogen-bond acceptors (Lipinski definition) is 3. The molecule has 1 aromatic heterocycles. The average Bonchev–Trinajstić information content (AvgIpc) is 2.44. The molecule has 3 N–H and O–H groups in total. The maximum absolute atomic E-state index is 13.8. The Bertz CT molecular complexity index is 758. The number of halogens is 2. The predicted octanol–water partition coefficient (Wildman–Crippen LogP) is 1.92. The Morgan fingerprint density at radius 1 is 1.48 bits per heavy atom. The molecule has 0 saturated carbocycles. The molecule has 0 aliphatic rings. The zero-order valence-corrected chi connectivity index (χ0v) is 11.9. The molecule has 1 amide bonds. The Kier molecular flexibility index (Phi) is 4.28. The van der Waals surface area contributed by atoms with Gasteiger partial charge >= 0.3 is 0 Å². The molecule has 0 spiro atoms. The fraction of sp³-hybridized carbons (Fsp3) is 0.143. The van der Waals surface area contributed by atoms with Crippen molar-refractivity contribution in [2.45, 2.75) is 6.54 Å². The summed E-state index contributed by atoms with van der Waals surface area (Å²) in [6.07, 6.45) is 1.44. The number of methoxy groups -OCH3 is 1. The number of nitrogens with two attached hydrogens (primary N) is 1. The van der Waals surface area contributed by atoms with Crippen molar-refractivity contribution in [1.29, 1.82) is 5.41 Å². The van der Waals surface area contributed by atoms with Crippen LogP contribution in [0, 0.1) is 11.2 Å². The Hall–Kier alpha value is -2.34. The predicted molar refractivity (Wildman–Crippen MR) is 75.9 cm³/mol. The van der Waals surface area contributed by atoms with Crippen molar-refractivity contribution in [1.82, 2.24) is 4.57 Å². The Labute approximate surface area is 125 Å². The summed E-state index contributed by atoms with van der Waals surface area (Å²) in [7, 11) is 1.48. The van der Waals surface area contributed by atoms with Crippen LogP contribution in [0.1, 0.15) is 15.9 Å². The van der Waals surface area contributed by atoms with Gasteiger partial charge in [0.15, 0.2) is 0 Å². The summed E-state index contributed by atoms with van der Waals surface area (Å²) in [6.45, 7) is 0.0305. The summed E-state index contributed by atoms with van der Waals surface area (Å²) in [4.78, 5) is 11.3. The molecular weight excluding hydrogens is 297 g/mol. The molecule has 21 heavy (non-hydrogen) atoms. The van der Waals surface area contributed by atoms with E-state index in [9.17, 15) is 9.18 Å². The number of hydrogen-bond donors (Lipinski definition) is 2. The number of pyridine rings is 1. The minimum Gasteiger partial charge on any atom is -0.497 e. The number of aromatic nitrogens is 1. The number of carbonyl (C=O) groups is 1. The second-order valence-corrected chi connectivity index (χ2v) is 4.81. The van der Waals surface area contributed by atoms with E-state index in [0.29, 0.717) is 11.3 Å².